The minimum absolute atomic E-state index is 0.0512. The summed E-state index contributed by atoms with van der Waals surface area (Å²) in [5, 5.41) is 5.45. The van der Waals surface area contributed by atoms with Crippen LogP contribution in [0, 0.1) is 0 Å². The maximum atomic E-state index is 12.6. The van der Waals surface area contributed by atoms with E-state index in [1.54, 1.807) is 0 Å². The normalized spacial score (nSPS) is 20.6. The lowest BCUT2D eigenvalue weighted by atomic mass is 9.92. The molecule has 4 N–H and O–H groups in total. The number of rotatable bonds is 6. The van der Waals surface area contributed by atoms with Gasteiger partial charge in [-0.3, -0.25) is 9.59 Å². The Morgan fingerprint density at radius 2 is 1.73 bits per heavy atom. The van der Waals surface area contributed by atoms with Crippen molar-refractivity contribution >= 4 is 27.5 Å². The van der Waals surface area contributed by atoms with Crippen LogP contribution in [-0.4, -0.2) is 50.2 Å². The number of amides is 2. The van der Waals surface area contributed by atoms with Gasteiger partial charge in [-0.15, -0.1) is 0 Å². The van der Waals surface area contributed by atoms with Gasteiger partial charge in [-0.2, -0.15) is 4.31 Å². The molecule has 0 atom stereocenters. The highest BCUT2D eigenvalue weighted by molar-refractivity contribution is 7.89. The predicted molar refractivity (Wildman–Crippen MR) is 98.9 cm³/mol. The number of hydrogen-bond donors (Lipinski definition) is 3. The molecule has 8 nitrogen and oxygen atoms in total. The van der Waals surface area contributed by atoms with Crippen molar-refractivity contribution in [1.29, 1.82) is 0 Å². The Balaban J connectivity index is 1.95. The second-order valence-corrected chi connectivity index (χ2v) is 8.69. The van der Waals surface area contributed by atoms with E-state index in [0.717, 1.165) is 30.0 Å². The van der Waals surface area contributed by atoms with E-state index >= 15 is 0 Å². The third-order valence-electron chi connectivity index (χ3n) is 4.39. The zero-order valence-electron chi connectivity index (χ0n) is 15.1. The first-order valence-corrected chi connectivity index (χ1v) is 10.0. The first-order chi connectivity index (χ1) is 12.2. The molecule has 2 amide bonds. The molecule has 2 rings (SSSR count). The number of benzene rings is 1. The summed E-state index contributed by atoms with van der Waals surface area (Å²) >= 11 is 0. The van der Waals surface area contributed by atoms with Gasteiger partial charge in [-0.05, 0) is 49.9 Å². The molecule has 1 aliphatic rings. The molecule has 0 heterocycles. The number of nitrogens with zero attached hydrogens (tertiary/aromatic N) is 1. The van der Waals surface area contributed by atoms with E-state index in [1.165, 1.54) is 38.2 Å². The number of nitrogens with two attached hydrogens (primary N) is 1. The van der Waals surface area contributed by atoms with Crippen molar-refractivity contribution in [3.05, 3.63) is 24.3 Å². The number of nitrogens with one attached hydrogen (secondary N) is 2. The van der Waals surface area contributed by atoms with Crippen LogP contribution in [0.2, 0.25) is 0 Å². The maximum absolute atomic E-state index is 12.6. The monoisotopic (exact) mass is 382 g/mol. The molecular weight excluding hydrogens is 356 g/mol. The van der Waals surface area contributed by atoms with E-state index in [4.69, 9.17) is 5.73 Å². The van der Waals surface area contributed by atoms with Gasteiger partial charge in [0, 0.05) is 31.7 Å². The molecule has 0 aromatic heterocycles. The Kier molecular flexibility index (Phi) is 6.74. The largest absolute Gasteiger partial charge is 0.352 e. The second-order valence-electron chi connectivity index (χ2n) is 6.65. The number of carbonyl (C=O) groups is 2. The molecule has 0 spiro atoms. The standard InChI is InChI=1S/C17H26N4O4S/c1-12(22)19-14-7-9-16(10-8-14)26(24,25)21(2)11-17(23)20-15-5-3-13(18)4-6-15/h7-10,13,15H,3-6,11,18H2,1-2H3,(H,19,22)(H,20,23). The molecule has 1 aromatic rings. The van der Waals surface area contributed by atoms with Gasteiger partial charge in [0.15, 0.2) is 0 Å². The van der Waals surface area contributed by atoms with E-state index in [-0.39, 0.29) is 35.3 Å². The van der Waals surface area contributed by atoms with Gasteiger partial charge in [0.1, 0.15) is 0 Å². The Labute approximate surface area is 154 Å². The predicted octanol–water partition coefficient (Wildman–Crippen LogP) is 0.652. The van der Waals surface area contributed by atoms with Gasteiger partial charge < -0.3 is 16.4 Å². The van der Waals surface area contributed by atoms with Crippen molar-refractivity contribution in [3.8, 4) is 0 Å². The van der Waals surface area contributed by atoms with Crippen molar-refractivity contribution in [3.63, 3.8) is 0 Å². The Morgan fingerprint density at radius 3 is 2.27 bits per heavy atom. The first-order valence-electron chi connectivity index (χ1n) is 8.57. The van der Waals surface area contributed by atoms with Crippen LogP contribution in [0.25, 0.3) is 0 Å². The van der Waals surface area contributed by atoms with Crippen LogP contribution >= 0.6 is 0 Å². The number of likely N-dealkylation sites (N-methyl/N-ethyl adjacent to an activating group) is 1. The highest BCUT2D eigenvalue weighted by atomic mass is 32.2. The van der Waals surface area contributed by atoms with Crippen molar-refractivity contribution in [2.75, 3.05) is 18.9 Å². The highest BCUT2D eigenvalue weighted by Crippen LogP contribution is 2.19. The molecule has 1 fully saturated rings. The van der Waals surface area contributed by atoms with E-state index in [0.29, 0.717) is 5.69 Å². The van der Waals surface area contributed by atoms with Gasteiger partial charge in [-0.25, -0.2) is 8.42 Å². The van der Waals surface area contributed by atoms with Gasteiger partial charge in [0.05, 0.1) is 11.4 Å². The van der Waals surface area contributed by atoms with Crippen molar-refractivity contribution < 1.29 is 18.0 Å². The Bertz CT molecular complexity index is 741. The fraction of sp³-hybridized carbons (Fsp3) is 0.529. The zero-order valence-corrected chi connectivity index (χ0v) is 15.9. The Morgan fingerprint density at radius 1 is 1.15 bits per heavy atom. The summed E-state index contributed by atoms with van der Waals surface area (Å²) in [5.74, 6) is -0.565. The number of anilines is 1. The molecule has 1 aliphatic carbocycles. The van der Waals surface area contributed by atoms with Crippen molar-refractivity contribution in [2.45, 2.75) is 49.6 Å². The fourth-order valence-electron chi connectivity index (χ4n) is 2.92. The van der Waals surface area contributed by atoms with E-state index < -0.39 is 10.0 Å². The smallest absolute Gasteiger partial charge is 0.243 e. The molecule has 0 unspecified atom stereocenters. The summed E-state index contributed by atoms with van der Waals surface area (Å²) in [7, 11) is -2.42. The molecule has 0 bridgehead atoms. The lowest BCUT2D eigenvalue weighted by Crippen LogP contribution is -2.45. The topological polar surface area (TPSA) is 122 Å². The van der Waals surface area contributed by atoms with Crippen LogP contribution in [0.3, 0.4) is 0 Å². The maximum Gasteiger partial charge on any atom is 0.243 e. The summed E-state index contributed by atoms with van der Waals surface area (Å²) in [6.45, 7) is 1.12. The molecular formula is C17H26N4O4S. The van der Waals surface area contributed by atoms with E-state index in [2.05, 4.69) is 10.6 Å². The van der Waals surface area contributed by atoms with Crippen LogP contribution in [-0.2, 0) is 19.6 Å². The van der Waals surface area contributed by atoms with Crippen molar-refractivity contribution in [1.82, 2.24) is 9.62 Å². The summed E-state index contributed by atoms with van der Waals surface area (Å²) in [6, 6.07) is 6.05. The Hall–Kier alpha value is -1.97. The highest BCUT2D eigenvalue weighted by Gasteiger charge is 2.25. The van der Waals surface area contributed by atoms with Crippen LogP contribution in [0.4, 0.5) is 5.69 Å². The van der Waals surface area contributed by atoms with E-state index in [9.17, 15) is 18.0 Å². The quantitative estimate of drug-likeness (QED) is 0.667. The first kappa shape index (κ1) is 20.3. The van der Waals surface area contributed by atoms with Gasteiger partial charge in [0.25, 0.3) is 0 Å². The van der Waals surface area contributed by atoms with Gasteiger partial charge in [-0.1, -0.05) is 0 Å². The summed E-state index contributed by atoms with van der Waals surface area (Å²) < 4.78 is 26.2. The van der Waals surface area contributed by atoms with Crippen molar-refractivity contribution in [2.24, 2.45) is 5.73 Å². The minimum Gasteiger partial charge on any atom is -0.352 e. The average molecular weight is 382 g/mol. The average Bonchev–Trinajstić information content (AvgIpc) is 2.56. The lowest BCUT2D eigenvalue weighted by molar-refractivity contribution is -0.122. The van der Waals surface area contributed by atoms with E-state index in [1.807, 2.05) is 0 Å². The van der Waals surface area contributed by atoms with Gasteiger partial charge >= 0.3 is 0 Å². The number of hydrogen-bond acceptors (Lipinski definition) is 5. The van der Waals surface area contributed by atoms with Crippen LogP contribution < -0.4 is 16.4 Å². The third kappa shape index (κ3) is 5.52. The molecule has 26 heavy (non-hydrogen) atoms. The fourth-order valence-corrected chi connectivity index (χ4v) is 4.04. The lowest BCUT2D eigenvalue weighted by Gasteiger charge is -2.27. The van der Waals surface area contributed by atoms with Gasteiger partial charge in [0.2, 0.25) is 21.8 Å². The second kappa shape index (κ2) is 8.61. The summed E-state index contributed by atoms with van der Waals surface area (Å²) in [5.41, 5.74) is 6.35. The molecule has 9 heteroatoms. The summed E-state index contributed by atoms with van der Waals surface area (Å²) in [4.78, 5) is 23.2. The summed E-state index contributed by atoms with van der Waals surface area (Å²) in [6.07, 6.45) is 3.35. The molecule has 1 saturated carbocycles. The van der Waals surface area contributed by atoms with Crippen LogP contribution in [0.1, 0.15) is 32.6 Å². The molecule has 0 radical (unpaired) electrons. The molecule has 144 valence electrons. The number of sulfonamides is 1. The SMILES string of the molecule is CC(=O)Nc1ccc(S(=O)(=O)N(C)CC(=O)NC2CCC(N)CC2)cc1. The molecule has 0 saturated heterocycles. The molecule has 0 aliphatic heterocycles. The zero-order chi connectivity index (χ0) is 19.3. The van der Waals surface area contributed by atoms with Crippen LogP contribution in [0.15, 0.2) is 29.2 Å². The third-order valence-corrected chi connectivity index (χ3v) is 6.20. The minimum atomic E-state index is -3.79. The van der Waals surface area contributed by atoms with Crippen LogP contribution in [0.5, 0.6) is 0 Å². The molecule has 1 aromatic carbocycles. The number of carbonyl (C=O) groups excluding carboxylic acids is 2.